The number of hydrogen-bond acceptors (Lipinski definition) is 4. The van der Waals surface area contributed by atoms with Crippen LogP contribution < -0.4 is 9.21 Å². The number of carbonyl (C=O) groups is 1. The van der Waals surface area contributed by atoms with E-state index in [1.165, 1.54) is 10.6 Å². The maximum atomic E-state index is 13.0. The van der Waals surface area contributed by atoms with Crippen LogP contribution in [0.3, 0.4) is 0 Å². The van der Waals surface area contributed by atoms with Gasteiger partial charge in [0.1, 0.15) is 0 Å². The summed E-state index contributed by atoms with van der Waals surface area (Å²) < 4.78 is 26.2. The van der Waals surface area contributed by atoms with Gasteiger partial charge in [-0.3, -0.25) is 9.10 Å². The first-order chi connectivity index (χ1) is 13.7. The van der Waals surface area contributed by atoms with E-state index in [1.807, 2.05) is 72.4 Å². The third-order valence-electron chi connectivity index (χ3n) is 6.21. The minimum Gasteiger partial charge on any atom is -0.378 e. The van der Waals surface area contributed by atoms with Crippen LogP contribution in [0, 0.1) is 0 Å². The maximum Gasteiger partial charge on any atom is 0.253 e. The molecule has 0 unspecified atom stereocenters. The van der Waals surface area contributed by atoms with E-state index in [-0.39, 0.29) is 11.3 Å². The van der Waals surface area contributed by atoms with E-state index in [1.54, 1.807) is 0 Å². The number of rotatable bonds is 3. The molecule has 154 valence electrons. The molecule has 1 saturated heterocycles. The Kier molecular flexibility index (Phi) is 4.81. The molecule has 0 radical (unpaired) electrons. The first-order valence-corrected chi connectivity index (χ1v) is 11.7. The van der Waals surface area contributed by atoms with E-state index >= 15 is 0 Å². The third kappa shape index (κ3) is 3.48. The fourth-order valence-corrected chi connectivity index (χ4v) is 5.54. The van der Waals surface area contributed by atoms with E-state index in [0.717, 1.165) is 29.8 Å². The van der Waals surface area contributed by atoms with Gasteiger partial charge in [0.25, 0.3) is 5.91 Å². The van der Waals surface area contributed by atoms with Gasteiger partial charge in [-0.1, -0.05) is 24.3 Å². The van der Waals surface area contributed by atoms with Gasteiger partial charge in [0.15, 0.2) is 0 Å². The Bertz CT molecular complexity index is 1040. The van der Waals surface area contributed by atoms with Crippen molar-refractivity contribution in [2.75, 3.05) is 49.2 Å². The van der Waals surface area contributed by atoms with Crippen molar-refractivity contribution < 1.29 is 13.2 Å². The smallest absolute Gasteiger partial charge is 0.253 e. The summed E-state index contributed by atoms with van der Waals surface area (Å²) >= 11 is 0. The van der Waals surface area contributed by atoms with Gasteiger partial charge in [-0.2, -0.15) is 0 Å². The molecule has 2 aliphatic rings. The summed E-state index contributed by atoms with van der Waals surface area (Å²) in [5.74, 6) is 0.0369. The summed E-state index contributed by atoms with van der Waals surface area (Å²) in [5.41, 5.74) is 3.34. The number of anilines is 2. The number of piperidine rings is 1. The van der Waals surface area contributed by atoms with Crippen molar-refractivity contribution >= 4 is 27.3 Å². The van der Waals surface area contributed by atoms with Crippen LogP contribution in [-0.2, 0) is 15.4 Å². The molecule has 0 aliphatic carbocycles. The van der Waals surface area contributed by atoms with E-state index in [0.29, 0.717) is 25.2 Å². The fraction of sp³-hybridized carbons (Fsp3) is 0.409. The molecule has 0 atom stereocenters. The number of likely N-dealkylation sites (tertiary alicyclic amines) is 1. The highest BCUT2D eigenvalue weighted by molar-refractivity contribution is 7.92. The van der Waals surface area contributed by atoms with Crippen LogP contribution in [0.4, 0.5) is 11.4 Å². The van der Waals surface area contributed by atoms with Crippen molar-refractivity contribution in [1.29, 1.82) is 0 Å². The first kappa shape index (κ1) is 19.8. The highest BCUT2D eigenvalue weighted by Gasteiger charge is 2.47. The second kappa shape index (κ2) is 7.06. The van der Waals surface area contributed by atoms with Gasteiger partial charge in [0, 0.05) is 50.4 Å². The molecule has 7 heteroatoms. The zero-order valence-electron chi connectivity index (χ0n) is 17.1. The number of para-hydroxylation sites is 1. The first-order valence-electron chi connectivity index (χ1n) is 9.85. The summed E-state index contributed by atoms with van der Waals surface area (Å²) in [7, 11) is 0.586. The minimum absolute atomic E-state index is 0.0369. The molecule has 2 aliphatic heterocycles. The van der Waals surface area contributed by atoms with Crippen LogP contribution in [0.2, 0.25) is 0 Å². The molecule has 0 aromatic heterocycles. The molecule has 4 rings (SSSR count). The molecule has 1 amide bonds. The predicted octanol–water partition coefficient (Wildman–Crippen LogP) is 2.71. The van der Waals surface area contributed by atoms with E-state index in [9.17, 15) is 13.2 Å². The van der Waals surface area contributed by atoms with Gasteiger partial charge in [-0.15, -0.1) is 0 Å². The minimum atomic E-state index is -3.33. The summed E-state index contributed by atoms with van der Waals surface area (Å²) in [6.07, 6.45) is 2.78. The van der Waals surface area contributed by atoms with Crippen LogP contribution >= 0.6 is 0 Å². The molecule has 6 nitrogen and oxygen atoms in total. The number of nitrogens with zero attached hydrogens (tertiary/aromatic N) is 3. The lowest BCUT2D eigenvalue weighted by molar-refractivity contribution is 0.0675. The third-order valence-corrected chi connectivity index (χ3v) is 7.33. The SMILES string of the molecule is CN(C)c1cccc(C(=O)N2CCC3(CC2)CN(S(C)(=O)=O)c2ccccc23)c1. The number of benzene rings is 2. The van der Waals surface area contributed by atoms with Gasteiger partial charge >= 0.3 is 0 Å². The number of amides is 1. The summed E-state index contributed by atoms with van der Waals surface area (Å²) in [5, 5.41) is 0. The largest absolute Gasteiger partial charge is 0.378 e. The molecule has 0 N–H and O–H groups in total. The predicted molar refractivity (Wildman–Crippen MR) is 116 cm³/mol. The Hall–Kier alpha value is -2.54. The zero-order valence-corrected chi connectivity index (χ0v) is 17.9. The fourth-order valence-electron chi connectivity index (χ4n) is 4.55. The Morgan fingerprint density at radius 1 is 1.03 bits per heavy atom. The quantitative estimate of drug-likeness (QED) is 0.776. The standard InChI is InChI=1S/C22H27N3O3S/c1-23(2)18-8-6-7-17(15-18)21(26)24-13-11-22(12-14-24)16-25(29(3,27)28)20-10-5-4-9-19(20)22/h4-10,15H,11-14,16H2,1-3H3. The van der Waals surface area contributed by atoms with Crippen LogP contribution in [-0.4, -0.2) is 59.2 Å². The van der Waals surface area contributed by atoms with Crippen molar-refractivity contribution in [3.8, 4) is 0 Å². The van der Waals surface area contributed by atoms with Crippen molar-refractivity contribution in [3.63, 3.8) is 0 Å². The van der Waals surface area contributed by atoms with Crippen LogP contribution in [0.25, 0.3) is 0 Å². The van der Waals surface area contributed by atoms with Crippen molar-refractivity contribution in [3.05, 3.63) is 59.7 Å². The molecule has 2 aromatic rings. The van der Waals surface area contributed by atoms with Gasteiger partial charge in [-0.05, 0) is 42.7 Å². The van der Waals surface area contributed by atoms with Crippen molar-refractivity contribution in [2.45, 2.75) is 18.3 Å². The zero-order chi connectivity index (χ0) is 20.8. The van der Waals surface area contributed by atoms with Crippen LogP contribution in [0.1, 0.15) is 28.8 Å². The van der Waals surface area contributed by atoms with Gasteiger partial charge in [0.2, 0.25) is 10.0 Å². The number of hydrogen-bond donors (Lipinski definition) is 0. The van der Waals surface area contributed by atoms with Gasteiger partial charge < -0.3 is 9.80 Å². The Balaban J connectivity index is 1.55. The average molecular weight is 414 g/mol. The summed E-state index contributed by atoms with van der Waals surface area (Å²) in [6.45, 7) is 1.71. The Labute approximate surface area is 172 Å². The van der Waals surface area contributed by atoms with Crippen molar-refractivity contribution in [2.24, 2.45) is 0 Å². The molecule has 2 heterocycles. The molecular formula is C22H27N3O3S. The molecule has 2 aromatic carbocycles. The Morgan fingerprint density at radius 3 is 2.38 bits per heavy atom. The number of sulfonamides is 1. The normalized spacial score (nSPS) is 18.0. The van der Waals surface area contributed by atoms with Crippen LogP contribution in [0.15, 0.2) is 48.5 Å². The summed E-state index contributed by atoms with van der Waals surface area (Å²) in [6, 6.07) is 15.4. The van der Waals surface area contributed by atoms with E-state index < -0.39 is 10.0 Å². The van der Waals surface area contributed by atoms with Gasteiger partial charge in [0.05, 0.1) is 11.9 Å². The maximum absolute atomic E-state index is 13.0. The van der Waals surface area contributed by atoms with Crippen molar-refractivity contribution in [1.82, 2.24) is 4.90 Å². The second-order valence-electron chi connectivity index (χ2n) is 8.30. The number of fused-ring (bicyclic) bond motifs is 2. The molecule has 1 fully saturated rings. The van der Waals surface area contributed by atoms with Crippen LogP contribution in [0.5, 0.6) is 0 Å². The molecule has 29 heavy (non-hydrogen) atoms. The van der Waals surface area contributed by atoms with E-state index in [4.69, 9.17) is 0 Å². The lowest BCUT2D eigenvalue weighted by Crippen LogP contribution is -2.47. The molecule has 1 spiro atoms. The topological polar surface area (TPSA) is 60.9 Å². The van der Waals surface area contributed by atoms with Gasteiger partial charge in [-0.25, -0.2) is 8.42 Å². The highest BCUT2D eigenvalue weighted by atomic mass is 32.2. The highest BCUT2D eigenvalue weighted by Crippen LogP contribution is 2.47. The van der Waals surface area contributed by atoms with E-state index in [2.05, 4.69) is 0 Å². The lowest BCUT2D eigenvalue weighted by Gasteiger charge is -2.40. The molecule has 0 saturated carbocycles. The lowest BCUT2D eigenvalue weighted by atomic mass is 9.74. The molecule has 0 bridgehead atoms. The second-order valence-corrected chi connectivity index (χ2v) is 10.2. The summed E-state index contributed by atoms with van der Waals surface area (Å²) in [4.78, 5) is 16.9. The number of carbonyl (C=O) groups excluding carboxylic acids is 1. The monoisotopic (exact) mass is 413 g/mol. The Morgan fingerprint density at radius 2 is 1.72 bits per heavy atom. The average Bonchev–Trinajstić information content (AvgIpc) is 3.03. The molecular weight excluding hydrogens is 386 g/mol.